The molecular formula is C19H17N3O4. The van der Waals surface area contributed by atoms with E-state index >= 15 is 0 Å². The van der Waals surface area contributed by atoms with E-state index in [1.807, 2.05) is 12.1 Å². The Bertz CT molecular complexity index is 1030. The zero-order chi connectivity index (χ0) is 18.7. The van der Waals surface area contributed by atoms with Crippen molar-refractivity contribution in [3.63, 3.8) is 0 Å². The van der Waals surface area contributed by atoms with E-state index in [9.17, 15) is 9.59 Å². The van der Waals surface area contributed by atoms with E-state index < -0.39 is 5.97 Å². The van der Waals surface area contributed by atoms with Crippen LogP contribution in [0.5, 0.6) is 5.75 Å². The highest BCUT2D eigenvalue weighted by Crippen LogP contribution is 2.26. The Morgan fingerprint density at radius 3 is 2.54 bits per heavy atom. The van der Waals surface area contributed by atoms with Gasteiger partial charge < -0.3 is 9.84 Å². The molecule has 7 heteroatoms. The molecule has 3 aromatic rings. The van der Waals surface area contributed by atoms with E-state index in [1.165, 1.54) is 23.0 Å². The second-order valence-electron chi connectivity index (χ2n) is 5.57. The number of carboxylic acid groups (broad SMARTS) is 1. The largest absolute Gasteiger partial charge is 0.494 e. The molecule has 0 aliphatic heterocycles. The molecule has 132 valence electrons. The summed E-state index contributed by atoms with van der Waals surface area (Å²) in [6.45, 7) is 1.77. The fraction of sp³-hybridized carbons (Fsp3) is 0.105. The number of aromatic amines is 1. The molecule has 0 aliphatic carbocycles. The SMILES string of the molecule is COc1ccccc1N=Cc1c(C)[nH]n(-c2ccc(C(=O)O)cc2)c1=O. The minimum atomic E-state index is -1.02. The van der Waals surface area contributed by atoms with E-state index in [0.29, 0.717) is 28.4 Å². The van der Waals surface area contributed by atoms with Crippen LogP contribution < -0.4 is 10.3 Å². The Kier molecular flexibility index (Phi) is 4.70. The second kappa shape index (κ2) is 7.10. The van der Waals surface area contributed by atoms with Crippen LogP contribution in [0.2, 0.25) is 0 Å². The monoisotopic (exact) mass is 351 g/mol. The van der Waals surface area contributed by atoms with E-state index in [-0.39, 0.29) is 11.1 Å². The van der Waals surface area contributed by atoms with E-state index in [1.54, 1.807) is 38.3 Å². The molecule has 2 N–H and O–H groups in total. The van der Waals surface area contributed by atoms with Gasteiger partial charge in [0.1, 0.15) is 11.4 Å². The fourth-order valence-electron chi connectivity index (χ4n) is 2.52. The number of carbonyl (C=O) groups is 1. The number of aliphatic imine (C=N–C) groups is 1. The molecule has 3 rings (SSSR count). The summed E-state index contributed by atoms with van der Waals surface area (Å²) in [4.78, 5) is 28.0. The van der Waals surface area contributed by atoms with E-state index in [4.69, 9.17) is 9.84 Å². The summed E-state index contributed by atoms with van der Waals surface area (Å²) in [5, 5.41) is 11.9. The minimum Gasteiger partial charge on any atom is -0.494 e. The predicted octanol–water partition coefficient (Wildman–Crippen LogP) is 2.93. The van der Waals surface area contributed by atoms with E-state index in [2.05, 4.69) is 10.1 Å². The topological polar surface area (TPSA) is 96.7 Å². The van der Waals surface area contributed by atoms with Gasteiger partial charge in [-0.15, -0.1) is 0 Å². The molecule has 0 atom stereocenters. The van der Waals surface area contributed by atoms with Crippen LogP contribution in [0.1, 0.15) is 21.6 Å². The first-order chi connectivity index (χ1) is 12.5. The molecule has 1 aromatic heterocycles. The van der Waals surface area contributed by atoms with Gasteiger partial charge in [-0.25, -0.2) is 9.48 Å². The van der Waals surface area contributed by atoms with Crippen LogP contribution in [0.15, 0.2) is 58.3 Å². The molecule has 2 aromatic carbocycles. The summed E-state index contributed by atoms with van der Waals surface area (Å²) in [5.41, 5.74) is 2.11. The summed E-state index contributed by atoms with van der Waals surface area (Å²) in [7, 11) is 1.56. The Hall–Kier alpha value is -3.61. The third-order valence-corrected chi connectivity index (χ3v) is 3.91. The highest BCUT2D eigenvalue weighted by molar-refractivity contribution is 5.87. The average Bonchev–Trinajstić information content (AvgIpc) is 2.94. The number of para-hydroxylation sites is 2. The van der Waals surface area contributed by atoms with Gasteiger partial charge in [0, 0.05) is 11.9 Å². The van der Waals surface area contributed by atoms with Gasteiger partial charge in [0.15, 0.2) is 0 Å². The summed E-state index contributed by atoms with van der Waals surface area (Å²) >= 11 is 0. The van der Waals surface area contributed by atoms with Gasteiger partial charge in [-0.1, -0.05) is 12.1 Å². The number of aryl methyl sites for hydroxylation is 1. The van der Waals surface area contributed by atoms with Crippen molar-refractivity contribution in [2.45, 2.75) is 6.92 Å². The number of methoxy groups -OCH3 is 1. The molecule has 0 saturated heterocycles. The molecular weight excluding hydrogens is 334 g/mol. The van der Waals surface area contributed by atoms with Gasteiger partial charge in [0.25, 0.3) is 5.56 Å². The normalized spacial score (nSPS) is 11.0. The number of hydrogen-bond donors (Lipinski definition) is 2. The standard InChI is InChI=1S/C19H17N3O4/c1-12-15(11-20-16-5-3-4-6-17(16)26-2)18(23)22(21-12)14-9-7-13(8-10-14)19(24)25/h3-11,21H,1-2H3,(H,24,25). The number of nitrogens with zero attached hydrogens (tertiary/aromatic N) is 2. The van der Waals surface area contributed by atoms with Crippen LogP contribution in [0, 0.1) is 6.92 Å². The predicted molar refractivity (Wildman–Crippen MR) is 98.3 cm³/mol. The quantitative estimate of drug-likeness (QED) is 0.691. The van der Waals surface area contributed by atoms with Crippen LogP contribution in [0.25, 0.3) is 5.69 Å². The Morgan fingerprint density at radius 2 is 1.88 bits per heavy atom. The van der Waals surface area contributed by atoms with Crippen molar-refractivity contribution < 1.29 is 14.6 Å². The Labute approximate surface area is 149 Å². The first kappa shape index (κ1) is 17.2. The average molecular weight is 351 g/mol. The van der Waals surface area contributed by atoms with Crippen LogP contribution in [0.3, 0.4) is 0 Å². The number of nitrogens with one attached hydrogen (secondary N) is 1. The lowest BCUT2D eigenvalue weighted by Crippen LogP contribution is -2.17. The third kappa shape index (κ3) is 3.27. The molecule has 0 aliphatic rings. The van der Waals surface area contributed by atoms with Crippen LogP contribution in [-0.2, 0) is 0 Å². The molecule has 0 unspecified atom stereocenters. The Balaban J connectivity index is 1.97. The van der Waals surface area contributed by atoms with Crippen molar-refractivity contribution in [2.24, 2.45) is 4.99 Å². The molecule has 0 fully saturated rings. The van der Waals surface area contributed by atoms with Gasteiger partial charge in [-0.3, -0.25) is 14.9 Å². The first-order valence-electron chi connectivity index (χ1n) is 7.83. The fourth-order valence-corrected chi connectivity index (χ4v) is 2.52. The number of H-pyrrole nitrogens is 1. The van der Waals surface area contributed by atoms with Crippen molar-refractivity contribution in [3.8, 4) is 11.4 Å². The van der Waals surface area contributed by atoms with Gasteiger partial charge in [-0.2, -0.15) is 0 Å². The van der Waals surface area contributed by atoms with Crippen molar-refractivity contribution in [1.82, 2.24) is 9.78 Å². The maximum absolute atomic E-state index is 12.7. The maximum atomic E-state index is 12.7. The van der Waals surface area contributed by atoms with Crippen LogP contribution in [0.4, 0.5) is 5.69 Å². The van der Waals surface area contributed by atoms with Gasteiger partial charge in [0.05, 0.1) is 23.9 Å². The maximum Gasteiger partial charge on any atom is 0.335 e. The lowest BCUT2D eigenvalue weighted by Gasteiger charge is -2.02. The molecule has 0 amide bonds. The number of aromatic carboxylic acids is 1. The summed E-state index contributed by atoms with van der Waals surface area (Å²) < 4.78 is 6.60. The zero-order valence-corrected chi connectivity index (χ0v) is 14.3. The van der Waals surface area contributed by atoms with Crippen molar-refractivity contribution >= 4 is 17.9 Å². The summed E-state index contributed by atoms with van der Waals surface area (Å²) in [6, 6.07) is 13.3. The lowest BCUT2D eigenvalue weighted by molar-refractivity contribution is 0.0697. The zero-order valence-electron chi connectivity index (χ0n) is 14.3. The number of carboxylic acids is 1. The minimum absolute atomic E-state index is 0.156. The summed E-state index contributed by atoms with van der Waals surface area (Å²) in [6.07, 6.45) is 1.49. The summed E-state index contributed by atoms with van der Waals surface area (Å²) in [5.74, 6) is -0.405. The van der Waals surface area contributed by atoms with Gasteiger partial charge in [-0.05, 0) is 43.3 Å². The van der Waals surface area contributed by atoms with Crippen LogP contribution in [-0.4, -0.2) is 34.2 Å². The number of rotatable bonds is 5. The lowest BCUT2D eigenvalue weighted by atomic mass is 10.2. The highest BCUT2D eigenvalue weighted by Gasteiger charge is 2.12. The van der Waals surface area contributed by atoms with E-state index in [0.717, 1.165) is 0 Å². The molecule has 0 radical (unpaired) electrons. The van der Waals surface area contributed by atoms with Crippen molar-refractivity contribution in [1.29, 1.82) is 0 Å². The first-order valence-corrected chi connectivity index (χ1v) is 7.83. The number of benzene rings is 2. The second-order valence-corrected chi connectivity index (χ2v) is 5.57. The molecule has 0 bridgehead atoms. The molecule has 7 nitrogen and oxygen atoms in total. The van der Waals surface area contributed by atoms with Crippen molar-refractivity contribution in [3.05, 3.63) is 75.7 Å². The third-order valence-electron chi connectivity index (χ3n) is 3.91. The van der Waals surface area contributed by atoms with Gasteiger partial charge >= 0.3 is 5.97 Å². The molecule has 26 heavy (non-hydrogen) atoms. The molecule has 0 spiro atoms. The number of ether oxygens (including phenoxy) is 1. The number of hydrogen-bond acceptors (Lipinski definition) is 4. The van der Waals surface area contributed by atoms with Crippen LogP contribution >= 0.6 is 0 Å². The van der Waals surface area contributed by atoms with Gasteiger partial charge in [0.2, 0.25) is 0 Å². The number of aromatic nitrogens is 2. The van der Waals surface area contributed by atoms with Crippen molar-refractivity contribution in [2.75, 3.05) is 7.11 Å². The smallest absolute Gasteiger partial charge is 0.335 e. The molecule has 0 saturated carbocycles. The Morgan fingerprint density at radius 1 is 1.19 bits per heavy atom. The highest BCUT2D eigenvalue weighted by atomic mass is 16.5. The molecule has 1 heterocycles.